The Morgan fingerprint density at radius 1 is 1.26 bits per heavy atom. The Labute approximate surface area is 186 Å². The number of aromatic nitrogens is 3. The Kier molecular flexibility index (Phi) is 7.32. The van der Waals surface area contributed by atoms with Gasteiger partial charge >= 0.3 is 0 Å². The van der Waals surface area contributed by atoms with Gasteiger partial charge in [-0.1, -0.05) is 35.5 Å². The SMILES string of the molecule is COc1ccccc1OCc1nnc(SCC(=O)Nc2cc([N+](=O)[O-])ccc2Cl)n1C. The Hall–Kier alpha value is -3.31. The van der Waals surface area contributed by atoms with Crippen LogP contribution >= 0.6 is 23.4 Å². The normalized spacial score (nSPS) is 10.5. The lowest BCUT2D eigenvalue weighted by Gasteiger charge is -2.10. The van der Waals surface area contributed by atoms with Crippen LogP contribution in [0.15, 0.2) is 47.6 Å². The van der Waals surface area contributed by atoms with Crippen LogP contribution < -0.4 is 14.8 Å². The molecule has 12 heteroatoms. The van der Waals surface area contributed by atoms with E-state index >= 15 is 0 Å². The Morgan fingerprint density at radius 3 is 2.71 bits per heavy atom. The van der Waals surface area contributed by atoms with E-state index in [1.54, 1.807) is 30.9 Å². The lowest BCUT2D eigenvalue weighted by atomic mass is 10.3. The van der Waals surface area contributed by atoms with Gasteiger partial charge in [-0.15, -0.1) is 10.2 Å². The van der Waals surface area contributed by atoms with Crippen molar-refractivity contribution in [3.05, 3.63) is 63.4 Å². The number of nitrogens with zero attached hydrogens (tertiary/aromatic N) is 4. The maximum absolute atomic E-state index is 12.3. The second-order valence-electron chi connectivity index (χ2n) is 6.16. The molecule has 0 fully saturated rings. The number of nitrogens with one attached hydrogen (secondary N) is 1. The number of hydrogen-bond donors (Lipinski definition) is 1. The van der Waals surface area contributed by atoms with Gasteiger partial charge in [-0.05, 0) is 18.2 Å². The summed E-state index contributed by atoms with van der Waals surface area (Å²) in [5, 5.41) is 22.3. The summed E-state index contributed by atoms with van der Waals surface area (Å²) in [6.07, 6.45) is 0. The number of anilines is 1. The molecule has 0 aliphatic rings. The van der Waals surface area contributed by atoms with Crippen molar-refractivity contribution in [1.82, 2.24) is 14.8 Å². The highest BCUT2D eigenvalue weighted by Gasteiger charge is 2.15. The van der Waals surface area contributed by atoms with Gasteiger partial charge in [-0.3, -0.25) is 14.9 Å². The van der Waals surface area contributed by atoms with Gasteiger partial charge in [0.2, 0.25) is 5.91 Å². The van der Waals surface area contributed by atoms with E-state index in [9.17, 15) is 14.9 Å². The highest BCUT2D eigenvalue weighted by molar-refractivity contribution is 7.99. The number of thioether (sulfide) groups is 1. The van der Waals surface area contributed by atoms with E-state index in [4.69, 9.17) is 21.1 Å². The highest BCUT2D eigenvalue weighted by atomic mass is 35.5. The maximum atomic E-state index is 12.3. The van der Waals surface area contributed by atoms with Gasteiger partial charge < -0.3 is 19.4 Å². The number of hydrogen-bond acceptors (Lipinski definition) is 8. The Morgan fingerprint density at radius 2 is 2.00 bits per heavy atom. The lowest BCUT2D eigenvalue weighted by molar-refractivity contribution is -0.384. The van der Waals surface area contributed by atoms with Crippen LogP contribution in [0.2, 0.25) is 5.02 Å². The van der Waals surface area contributed by atoms with E-state index in [-0.39, 0.29) is 34.7 Å². The van der Waals surface area contributed by atoms with Crippen LogP contribution in [-0.2, 0) is 18.4 Å². The number of benzene rings is 2. The minimum Gasteiger partial charge on any atom is -0.493 e. The number of carbonyl (C=O) groups is 1. The molecule has 1 N–H and O–H groups in total. The molecule has 162 valence electrons. The number of para-hydroxylation sites is 2. The third-order valence-corrected chi connectivity index (χ3v) is 5.47. The van der Waals surface area contributed by atoms with E-state index in [0.717, 1.165) is 11.8 Å². The molecule has 10 nitrogen and oxygen atoms in total. The molecule has 0 bridgehead atoms. The zero-order valence-electron chi connectivity index (χ0n) is 16.6. The summed E-state index contributed by atoms with van der Waals surface area (Å²) in [7, 11) is 3.32. The molecule has 3 aromatic rings. The van der Waals surface area contributed by atoms with Gasteiger partial charge in [0.25, 0.3) is 5.69 Å². The van der Waals surface area contributed by atoms with Gasteiger partial charge in [0.05, 0.1) is 28.5 Å². The van der Waals surface area contributed by atoms with E-state index in [1.165, 1.54) is 18.2 Å². The Bertz CT molecular complexity index is 1110. The summed E-state index contributed by atoms with van der Waals surface area (Å²) in [6, 6.07) is 11.1. The number of amides is 1. The van der Waals surface area contributed by atoms with Crippen molar-refractivity contribution in [2.75, 3.05) is 18.2 Å². The van der Waals surface area contributed by atoms with Gasteiger partial charge in [-0.25, -0.2) is 0 Å². The van der Waals surface area contributed by atoms with Crippen molar-refractivity contribution in [3.8, 4) is 11.5 Å². The summed E-state index contributed by atoms with van der Waals surface area (Å²) >= 11 is 7.17. The molecule has 1 heterocycles. The van der Waals surface area contributed by atoms with Gasteiger partial charge in [0.1, 0.15) is 6.61 Å². The van der Waals surface area contributed by atoms with Crippen LogP contribution in [0, 0.1) is 10.1 Å². The predicted octanol–water partition coefficient (Wildman–Crippen LogP) is 3.70. The van der Waals surface area contributed by atoms with E-state index in [1.807, 2.05) is 12.1 Å². The molecule has 0 radical (unpaired) electrons. The zero-order chi connectivity index (χ0) is 22.4. The fourth-order valence-corrected chi connectivity index (χ4v) is 3.41. The molecule has 1 aromatic heterocycles. The van der Waals surface area contributed by atoms with Crippen molar-refractivity contribution in [2.24, 2.45) is 7.05 Å². The molecular weight excluding hydrogens is 446 g/mol. The van der Waals surface area contributed by atoms with Gasteiger partial charge in [-0.2, -0.15) is 0 Å². The molecule has 0 saturated carbocycles. The summed E-state index contributed by atoms with van der Waals surface area (Å²) in [5.41, 5.74) is 0.00525. The number of halogens is 1. The predicted molar refractivity (Wildman–Crippen MR) is 116 cm³/mol. The fraction of sp³-hybridized carbons (Fsp3) is 0.211. The summed E-state index contributed by atoms with van der Waals surface area (Å²) in [6.45, 7) is 0.167. The molecule has 1 amide bonds. The molecule has 0 saturated heterocycles. The van der Waals surface area contributed by atoms with Crippen LogP contribution in [0.5, 0.6) is 11.5 Å². The highest BCUT2D eigenvalue weighted by Crippen LogP contribution is 2.28. The minimum atomic E-state index is -0.561. The fourth-order valence-electron chi connectivity index (χ4n) is 2.52. The first-order valence-corrected chi connectivity index (χ1v) is 10.3. The van der Waals surface area contributed by atoms with Crippen LogP contribution in [0.3, 0.4) is 0 Å². The number of non-ortho nitro benzene ring substituents is 1. The second kappa shape index (κ2) is 10.1. The van der Waals surface area contributed by atoms with E-state index < -0.39 is 4.92 Å². The third-order valence-electron chi connectivity index (χ3n) is 4.12. The second-order valence-corrected chi connectivity index (χ2v) is 7.51. The number of rotatable bonds is 9. The topological polar surface area (TPSA) is 121 Å². The van der Waals surface area contributed by atoms with Crippen molar-refractivity contribution in [1.29, 1.82) is 0 Å². The van der Waals surface area contributed by atoms with Gasteiger partial charge in [0, 0.05) is 19.2 Å². The van der Waals surface area contributed by atoms with Crippen LogP contribution in [0.25, 0.3) is 0 Å². The number of nitro groups is 1. The summed E-state index contributed by atoms with van der Waals surface area (Å²) < 4.78 is 12.7. The van der Waals surface area contributed by atoms with Crippen LogP contribution in [0.1, 0.15) is 5.82 Å². The van der Waals surface area contributed by atoms with Crippen molar-refractivity contribution >= 4 is 40.6 Å². The number of carbonyl (C=O) groups excluding carboxylic acids is 1. The molecule has 0 spiro atoms. The molecule has 0 atom stereocenters. The largest absolute Gasteiger partial charge is 0.493 e. The van der Waals surface area contributed by atoms with Crippen LogP contribution in [0.4, 0.5) is 11.4 Å². The molecule has 0 aliphatic carbocycles. The first-order chi connectivity index (χ1) is 14.9. The monoisotopic (exact) mass is 463 g/mol. The zero-order valence-corrected chi connectivity index (χ0v) is 18.1. The average Bonchev–Trinajstić information content (AvgIpc) is 3.11. The molecule has 0 aliphatic heterocycles. The third kappa shape index (κ3) is 5.64. The number of methoxy groups -OCH3 is 1. The standard InChI is InChI=1S/C19H18ClN5O5S/c1-24-17(10-30-16-6-4-3-5-15(16)29-2)22-23-19(24)31-11-18(26)21-14-9-12(25(27)28)7-8-13(14)20/h3-9H,10-11H2,1-2H3,(H,21,26). The molecule has 3 rings (SSSR count). The first kappa shape index (κ1) is 22.4. The quantitative estimate of drug-likeness (QED) is 0.289. The van der Waals surface area contributed by atoms with Crippen molar-refractivity contribution in [2.45, 2.75) is 11.8 Å². The number of nitro benzene ring substituents is 1. The number of ether oxygens (including phenoxy) is 2. The van der Waals surface area contributed by atoms with Crippen LogP contribution in [-0.4, -0.2) is 38.5 Å². The Balaban J connectivity index is 1.58. The van der Waals surface area contributed by atoms with Crippen molar-refractivity contribution in [3.63, 3.8) is 0 Å². The molecule has 0 unspecified atom stereocenters. The van der Waals surface area contributed by atoms with Crippen molar-refractivity contribution < 1.29 is 19.2 Å². The average molecular weight is 464 g/mol. The van der Waals surface area contributed by atoms with Gasteiger partial charge in [0.15, 0.2) is 22.5 Å². The summed E-state index contributed by atoms with van der Waals surface area (Å²) in [5.74, 6) is 1.38. The van der Waals surface area contributed by atoms with E-state index in [0.29, 0.717) is 22.5 Å². The lowest BCUT2D eigenvalue weighted by Crippen LogP contribution is -2.15. The summed E-state index contributed by atoms with van der Waals surface area (Å²) in [4.78, 5) is 22.6. The molecule has 31 heavy (non-hydrogen) atoms. The molecular formula is C19H18ClN5O5S. The smallest absolute Gasteiger partial charge is 0.271 e. The first-order valence-electron chi connectivity index (χ1n) is 8.89. The van der Waals surface area contributed by atoms with E-state index in [2.05, 4.69) is 15.5 Å². The molecule has 2 aromatic carbocycles. The maximum Gasteiger partial charge on any atom is 0.271 e. The minimum absolute atomic E-state index is 0.0123.